The number of rotatable bonds is 6. The molecule has 1 aliphatic heterocycles. The van der Waals surface area contributed by atoms with E-state index in [4.69, 9.17) is 0 Å². The Hall–Kier alpha value is -2.98. The summed E-state index contributed by atoms with van der Waals surface area (Å²) in [5, 5.41) is 13.3. The van der Waals surface area contributed by atoms with Crippen LogP contribution in [0.1, 0.15) is 41.6 Å². The third kappa shape index (κ3) is 5.69. The van der Waals surface area contributed by atoms with Gasteiger partial charge in [-0.15, -0.1) is 0 Å². The third-order valence-corrected chi connectivity index (χ3v) is 6.85. The lowest BCUT2D eigenvalue weighted by atomic mass is 9.93. The van der Waals surface area contributed by atoms with Gasteiger partial charge in [0.25, 0.3) is 5.91 Å². The molecular formula is C23H29N5O4S. The second kappa shape index (κ2) is 8.75. The molecule has 1 amide bonds. The molecule has 1 aliphatic rings. The lowest BCUT2D eigenvalue weighted by Gasteiger charge is -2.37. The quantitative estimate of drug-likeness (QED) is 0.566. The van der Waals surface area contributed by atoms with Gasteiger partial charge in [-0.1, -0.05) is 6.07 Å². The highest BCUT2D eigenvalue weighted by molar-refractivity contribution is 7.90. The molecule has 4 heterocycles. The molecule has 4 rings (SSSR count). The molecule has 0 atom stereocenters. The van der Waals surface area contributed by atoms with Crippen LogP contribution < -0.4 is 10.2 Å². The van der Waals surface area contributed by atoms with Crippen molar-refractivity contribution in [1.82, 2.24) is 14.4 Å². The summed E-state index contributed by atoms with van der Waals surface area (Å²) in [5.41, 5.74) is 3.10. The zero-order valence-corrected chi connectivity index (χ0v) is 19.9. The van der Waals surface area contributed by atoms with Crippen LogP contribution in [0.3, 0.4) is 0 Å². The zero-order valence-electron chi connectivity index (χ0n) is 19.1. The molecule has 2 N–H and O–H groups in total. The highest BCUT2D eigenvalue weighted by Gasteiger charge is 2.29. The molecular weight excluding hydrogens is 442 g/mol. The van der Waals surface area contributed by atoms with Crippen molar-refractivity contribution in [2.24, 2.45) is 0 Å². The Morgan fingerprint density at radius 3 is 2.61 bits per heavy atom. The number of pyridine rings is 2. The predicted molar refractivity (Wildman–Crippen MR) is 128 cm³/mol. The highest BCUT2D eigenvalue weighted by atomic mass is 32.2. The van der Waals surface area contributed by atoms with Gasteiger partial charge in [-0.2, -0.15) is 0 Å². The first-order valence-electron chi connectivity index (χ1n) is 10.9. The number of aliphatic hydroxyl groups is 1. The number of hydrogen-bond donors (Lipinski definition) is 2. The van der Waals surface area contributed by atoms with E-state index >= 15 is 0 Å². The fraction of sp³-hybridized carbons (Fsp3) is 0.435. The molecule has 3 aromatic rings. The minimum atomic E-state index is -3.10. The van der Waals surface area contributed by atoms with Gasteiger partial charge in [-0.25, -0.2) is 18.4 Å². The van der Waals surface area contributed by atoms with Crippen molar-refractivity contribution in [2.75, 3.05) is 35.3 Å². The largest absolute Gasteiger partial charge is 0.390 e. The molecule has 33 heavy (non-hydrogen) atoms. The number of aryl methyl sites for hydroxylation is 2. The minimum absolute atomic E-state index is 0.0214. The van der Waals surface area contributed by atoms with E-state index in [1.165, 1.54) is 6.26 Å². The summed E-state index contributed by atoms with van der Waals surface area (Å²) in [5.74, 6) is -0.297. The monoisotopic (exact) mass is 471 g/mol. The lowest BCUT2D eigenvalue weighted by molar-refractivity contribution is 0.0351. The van der Waals surface area contributed by atoms with Crippen LogP contribution in [0.5, 0.6) is 0 Å². The van der Waals surface area contributed by atoms with E-state index in [0.29, 0.717) is 55.1 Å². The number of sulfone groups is 1. The number of anilines is 2. The summed E-state index contributed by atoms with van der Waals surface area (Å²) < 4.78 is 24.9. The van der Waals surface area contributed by atoms with Crippen LogP contribution in [0, 0.1) is 6.92 Å². The van der Waals surface area contributed by atoms with Gasteiger partial charge in [0.15, 0.2) is 0 Å². The molecule has 1 saturated heterocycles. The van der Waals surface area contributed by atoms with Crippen molar-refractivity contribution in [1.29, 1.82) is 0 Å². The topological polar surface area (TPSA) is 117 Å². The molecule has 3 aromatic heterocycles. The number of carbonyl (C=O) groups excluding carboxylic acids is 1. The van der Waals surface area contributed by atoms with Gasteiger partial charge in [-0.05, 0) is 38.8 Å². The van der Waals surface area contributed by atoms with Crippen molar-refractivity contribution < 1.29 is 18.3 Å². The molecule has 0 unspecified atom stereocenters. The van der Waals surface area contributed by atoms with Crippen LogP contribution >= 0.6 is 0 Å². The average molecular weight is 472 g/mol. The van der Waals surface area contributed by atoms with Crippen LogP contribution in [0.2, 0.25) is 0 Å². The number of nitrogens with zero attached hydrogens (tertiary/aromatic N) is 4. The second-order valence-corrected chi connectivity index (χ2v) is 11.3. The Kier molecular flexibility index (Phi) is 6.15. The molecule has 0 spiro atoms. The molecule has 0 aromatic carbocycles. The fourth-order valence-electron chi connectivity index (χ4n) is 3.93. The smallest absolute Gasteiger partial charge is 0.274 e. The zero-order chi connectivity index (χ0) is 23.8. The van der Waals surface area contributed by atoms with Crippen molar-refractivity contribution >= 4 is 32.8 Å². The van der Waals surface area contributed by atoms with Gasteiger partial charge in [0.1, 0.15) is 21.2 Å². The Bertz CT molecular complexity index is 1290. The van der Waals surface area contributed by atoms with E-state index in [1.807, 2.05) is 26.0 Å². The number of nitrogens with one attached hydrogen (secondary N) is 1. The molecule has 176 valence electrons. The molecule has 1 fully saturated rings. The summed E-state index contributed by atoms with van der Waals surface area (Å²) >= 11 is 0. The van der Waals surface area contributed by atoms with E-state index in [2.05, 4.69) is 20.2 Å². The highest BCUT2D eigenvalue weighted by Crippen LogP contribution is 2.33. The average Bonchev–Trinajstić information content (AvgIpc) is 3.13. The van der Waals surface area contributed by atoms with E-state index in [-0.39, 0.29) is 11.7 Å². The number of imidazole rings is 1. The first kappa shape index (κ1) is 23.2. The first-order chi connectivity index (χ1) is 15.5. The molecule has 9 nitrogen and oxygen atoms in total. The van der Waals surface area contributed by atoms with Gasteiger partial charge >= 0.3 is 0 Å². The van der Waals surface area contributed by atoms with Crippen molar-refractivity contribution in [3.8, 4) is 0 Å². The van der Waals surface area contributed by atoms with Crippen LogP contribution in [0.4, 0.5) is 11.4 Å². The Balaban J connectivity index is 1.69. The number of amides is 1. The maximum Gasteiger partial charge on any atom is 0.274 e. The Labute approximate surface area is 193 Å². The van der Waals surface area contributed by atoms with E-state index < -0.39 is 15.4 Å². The standard InChI is InChI=1S/C23H29N5O4S/c1-16-5-4-6-18(24-16)22(29)26-19-15-28-14-17(7-12-33(3,31)32)25-21(28)13-20(19)27-10-8-23(2,30)9-11-27/h4-6,13-15,30H,7-12H2,1-3H3,(H,26,29). The summed E-state index contributed by atoms with van der Waals surface area (Å²) in [6.07, 6.45) is 6.32. The number of hydrogen-bond acceptors (Lipinski definition) is 7. The van der Waals surface area contributed by atoms with Crippen molar-refractivity contribution in [3.63, 3.8) is 0 Å². The van der Waals surface area contributed by atoms with Gasteiger partial charge in [0.05, 0.1) is 28.4 Å². The lowest BCUT2D eigenvalue weighted by Crippen LogP contribution is -2.42. The van der Waals surface area contributed by atoms with E-state index in [0.717, 1.165) is 11.4 Å². The van der Waals surface area contributed by atoms with Gasteiger partial charge in [0.2, 0.25) is 0 Å². The number of fused-ring (bicyclic) bond motifs is 1. The molecule has 0 aliphatic carbocycles. The summed E-state index contributed by atoms with van der Waals surface area (Å²) in [6, 6.07) is 7.18. The third-order valence-electron chi connectivity index (χ3n) is 5.90. The molecule has 10 heteroatoms. The fourth-order valence-corrected chi connectivity index (χ4v) is 4.51. The Morgan fingerprint density at radius 2 is 1.94 bits per heavy atom. The maximum absolute atomic E-state index is 12.9. The van der Waals surface area contributed by atoms with Crippen molar-refractivity contribution in [2.45, 2.75) is 38.7 Å². The van der Waals surface area contributed by atoms with E-state index in [1.54, 1.807) is 28.9 Å². The van der Waals surface area contributed by atoms with Crippen LogP contribution in [-0.4, -0.2) is 64.5 Å². The van der Waals surface area contributed by atoms with Crippen molar-refractivity contribution in [3.05, 3.63) is 53.7 Å². The molecule has 0 saturated carbocycles. The summed E-state index contributed by atoms with van der Waals surface area (Å²) in [7, 11) is -3.10. The van der Waals surface area contributed by atoms with Gasteiger partial charge in [-0.3, -0.25) is 4.79 Å². The molecule has 0 radical (unpaired) electrons. The first-order valence-corrected chi connectivity index (χ1v) is 13.0. The van der Waals surface area contributed by atoms with Crippen LogP contribution in [0.15, 0.2) is 36.7 Å². The van der Waals surface area contributed by atoms with Crippen LogP contribution in [-0.2, 0) is 16.3 Å². The number of aromatic nitrogens is 3. The van der Waals surface area contributed by atoms with Gasteiger partial charge < -0.3 is 19.7 Å². The summed E-state index contributed by atoms with van der Waals surface area (Å²) in [6.45, 7) is 4.94. The SMILES string of the molecule is Cc1cccc(C(=O)Nc2cn3cc(CCS(C)(=O)=O)nc3cc2N2CCC(C)(O)CC2)n1. The van der Waals surface area contributed by atoms with Gasteiger partial charge in [0, 0.05) is 49.9 Å². The maximum atomic E-state index is 12.9. The number of carbonyl (C=O) groups is 1. The summed E-state index contributed by atoms with van der Waals surface area (Å²) in [4.78, 5) is 24.0. The van der Waals surface area contributed by atoms with E-state index in [9.17, 15) is 18.3 Å². The molecule has 0 bridgehead atoms. The number of piperidine rings is 1. The Morgan fingerprint density at radius 1 is 1.21 bits per heavy atom. The minimum Gasteiger partial charge on any atom is -0.390 e. The predicted octanol–water partition coefficient (Wildman–Crippen LogP) is 2.23. The van der Waals surface area contributed by atoms with Crippen LogP contribution in [0.25, 0.3) is 5.65 Å². The normalized spacial score (nSPS) is 16.2. The second-order valence-electron chi connectivity index (χ2n) is 9.05.